The fourth-order valence-corrected chi connectivity index (χ4v) is 3.16. The quantitative estimate of drug-likeness (QED) is 0.510. The number of anilines is 1. The molecule has 1 saturated heterocycles. The molecule has 206 valence electrons. The highest BCUT2D eigenvalue weighted by atomic mass is 19.4. The van der Waals surface area contributed by atoms with Crippen LogP contribution in [0.25, 0.3) is 0 Å². The van der Waals surface area contributed by atoms with E-state index in [0.717, 1.165) is 6.92 Å². The molecule has 0 spiro atoms. The maximum absolute atomic E-state index is 13.9. The van der Waals surface area contributed by atoms with Crippen molar-refractivity contribution < 1.29 is 41.5 Å². The number of carbonyl (C=O) groups is 2. The number of nitriles is 1. The predicted molar refractivity (Wildman–Crippen MR) is 128 cm³/mol. The average molecular weight is 530 g/mol. The van der Waals surface area contributed by atoms with Crippen molar-refractivity contribution in [1.29, 1.82) is 5.26 Å². The Morgan fingerprint density at radius 3 is 1.73 bits per heavy atom. The van der Waals surface area contributed by atoms with Crippen LogP contribution in [0.3, 0.4) is 0 Å². The number of halogens is 3. The van der Waals surface area contributed by atoms with Crippen LogP contribution in [0.5, 0.6) is 0 Å². The van der Waals surface area contributed by atoms with Crippen molar-refractivity contribution in [2.75, 3.05) is 4.90 Å². The van der Waals surface area contributed by atoms with Gasteiger partial charge in [0.05, 0.1) is 11.2 Å². The first kappa shape index (κ1) is 30.4. The van der Waals surface area contributed by atoms with Gasteiger partial charge in [-0.1, -0.05) is 0 Å². The monoisotopic (exact) mass is 530 g/mol. The van der Waals surface area contributed by atoms with Gasteiger partial charge in [0, 0.05) is 0 Å². The van der Waals surface area contributed by atoms with Crippen LogP contribution in [0.2, 0.25) is 0 Å². The Balaban J connectivity index is 2.87. The maximum Gasteiger partial charge on any atom is 0.517 e. The van der Waals surface area contributed by atoms with Crippen molar-refractivity contribution in [2.45, 2.75) is 111 Å². The molecule has 0 unspecified atom stereocenters. The van der Waals surface area contributed by atoms with Gasteiger partial charge in [-0.15, -0.1) is 0 Å². The van der Waals surface area contributed by atoms with Crippen LogP contribution in [-0.4, -0.2) is 57.7 Å². The number of aromatic nitrogens is 2. The molecule has 0 radical (unpaired) electrons. The summed E-state index contributed by atoms with van der Waals surface area (Å²) >= 11 is 0. The van der Waals surface area contributed by atoms with Crippen LogP contribution in [0.4, 0.5) is 28.6 Å². The van der Waals surface area contributed by atoms with Gasteiger partial charge in [-0.25, -0.2) is 14.3 Å². The zero-order chi connectivity index (χ0) is 28.9. The molecular formula is C23H34BF3N4O6. The minimum atomic E-state index is -4.87. The number of rotatable bonds is 3. The van der Waals surface area contributed by atoms with E-state index in [1.807, 2.05) is 0 Å². The first-order valence-electron chi connectivity index (χ1n) is 11.6. The SMILES string of the molecule is C[C@H](n1nc(B2OC(C)(C)C(C)(C)O2)c(C#N)c1N(C(=O)OC(C)(C)C)C(=O)OC(C)(C)C)C(F)(F)F. The first-order valence-corrected chi connectivity index (χ1v) is 11.6. The van der Waals surface area contributed by atoms with Crippen molar-refractivity contribution in [3.05, 3.63) is 5.56 Å². The van der Waals surface area contributed by atoms with Gasteiger partial charge in [0.15, 0.2) is 5.82 Å². The number of carbonyl (C=O) groups excluding carboxylic acids is 2. The van der Waals surface area contributed by atoms with E-state index in [4.69, 9.17) is 18.8 Å². The summed E-state index contributed by atoms with van der Waals surface area (Å²) in [6.45, 7) is 16.7. The summed E-state index contributed by atoms with van der Waals surface area (Å²) in [5.41, 5.74) is -4.98. The lowest BCUT2D eigenvalue weighted by Gasteiger charge is -2.32. The molecule has 2 heterocycles. The van der Waals surface area contributed by atoms with Crippen molar-refractivity contribution in [2.24, 2.45) is 0 Å². The van der Waals surface area contributed by atoms with Gasteiger partial charge in [0.1, 0.15) is 34.5 Å². The molecule has 1 aromatic heterocycles. The van der Waals surface area contributed by atoms with Crippen LogP contribution < -0.4 is 10.5 Å². The summed E-state index contributed by atoms with van der Waals surface area (Å²) in [7, 11) is -1.36. The van der Waals surface area contributed by atoms with Crippen LogP contribution in [0.1, 0.15) is 87.8 Å². The van der Waals surface area contributed by atoms with E-state index in [1.165, 1.54) is 41.5 Å². The number of nitrogens with zero attached hydrogens (tertiary/aromatic N) is 4. The van der Waals surface area contributed by atoms with Crippen molar-refractivity contribution in [3.8, 4) is 6.07 Å². The molecule has 2 amide bonds. The zero-order valence-electron chi connectivity index (χ0n) is 23.0. The third kappa shape index (κ3) is 6.56. The number of hydrogen-bond donors (Lipinski definition) is 0. The lowest BCUT2D eigenvalue weighted by molar-refractivity contribution is -0.165. The lowest BCUT2D eigenvalue weighted by atomic mass is 9.82. The molecule has 10 nitrogen and oxygen atoms in total. The van der Waals surface area contributed by atoms with E-state index < -0.39 is 65.3 Å². The molecule has 0 aliphatic carbocycles. The summed E-state index contributed by atoms with van der Waals surface area (Å²) in [6, 6.07) is -0.592. The van der Waals surface area contributed by atoms with E-state index >= 15 is 0 Å². The number of alkyl halides is 3. The first-order chi connectivity index (χ1) is 16.4. The van der Waals surface area contributed by atoms with Gasteiger partial charge in [0.25, 0.3) is 0 Å². The Morgan fingerprint density at radius 2 is 1.41 bits per heavy atom. The van der Waals surface area contributed by atoms with Crippen LogP contribution in [-0.2, 0) is 18.8 Å². The predicted octanol–water partition coefficient (Wildman–Crippen LogP) is 4.85. The average Bonchev–Trinajstić information content (AvgIpc) is 3.11. The summed E-state index contributed by atoms with van der Waals surface area (Å²) in [5.74, 6) is -0.777. The second-order valence-corrected chi connectivity index (χ2v) is 11.7. The van der Waals surface area contributed by atoms with Gasteiger partial charge in [-0.2, -0.15) is 28.4 Å². The number of amides is 2. The minimum absolute atomic E-state index is 0.249. The van der Waals surface area contributed by atoms with Crippen LogP contribution in [0, 0.1) is 11.3 Å². The molecule has 1 aliphatic heterocycles. The Labute approximate surface area is 215 Å². The topological polar surface area (TPSA) is 116 Å². The van der Waals surface area contributed by atoms with E-state index in [1.54, 1.807) is 33.8 Å². The lowest BCUT2D eigenvalue weighted by Crippen LogP contribution is -2.45. The molecule has 14 heteroatoms. The smallest absolute Gasteiger partial charge is 0.443 e. The molecule has 1 aliphatic rings. The molecule has 1 fully saturated rings. The molecule has 0 aromatic carbocycles. The Bertz CT molecular complexity index is 1050. The Morgan fingerprint density at radius 1 is 1.00 bits per heavy atom. The van der Waals surface area contributed by atoms with E-state index in [9.17, 15) is 28.0 Å². The molecular weight excluding hydrogens is 496 g/mol. The Hall–Kier alpha value is -2.79. The molecule has 37 heavy (non-hydrogen) atoms. The number of imide groups is 1. The third-order valence-electron chi connectivity index (χ3n) is 5.71. The van der Waals surface area contributed by atoms with Gasteiger partial charge >= 0.3 is 25.5 Å². The molecule has 0 bridgehead atoms. The van der Waals surface area contributed by atoms with Crippen LogP contribution >= 0.6 is 0 Å². The highest BCUT2D eigenvalue weighted by Gasteiger charge is 2.55. The number of hydrogen-bond acceptors (Lipinski definition) is 8. The molecule has 0 saturated carbocycles. The second kappa shape index (κ2) is 9.51. The maximum atomic E-state index is 13.9. The van der Waals surface area contributed by atoms with Crippen molar-refractivity contribution >= 4 is 30.7 Å². The molecule has 1 aromatic rings. The second-order valence-electron chi connectivity index (χ2n) is 11.7. The largest absolute Gasteiger partial charge is 0.517 e. The normalized spacial score (nSPS) is 18.2. The number of ether oxygens (including phenoxy) is 2. The van der Waals surface area contributed by atoms with E-state index in [2.05, 4.69) is 5.10 Å². The fraction of sp³-hybridized carbons (Fsp3) is 0.739. The third-order valence-corrected chi connectivity index (χ3v) is 5.71. The summed E-state index contributed by atoms with van der Waals surface area (Å²) in [6.07, 6.45) is -7.57. The summed E-state index contributed by atoms with van der Waals surface area (Å²) in [5, 5.41) is 14.1. The molecule has 1 atom stereocenters. The van der Waals surface area contributed by atoms with Crippen molar-refractivity contribution in [1.82, 2.24) is 9.78 Å². The van der Waals surface area contributed by atoms with E-state index in [-0.39, 0.29) is 10.5 Å². The zero-order valence-corrected chi connectivity index (χ0v) is 23.0. The highest BCUT2D eigenvalue weighted by molar-refractivity contribution is 6.62. The van der Waals surface area contributed by atoms with Gasteiger partial charge in [-0.05, 0) is 76.2 Å². The summed E-state index contributed by atoms with van der Waals surface area (Å²) < 4.78 is 64.6. The van der Waals surface area contributed by atoms with Crippen LogP contribution in [0.15, 0.2) is 0 Å². The van der Waals surface area contributed by atoms with Crippen molar-refractivity contribution in [3.63, 3.8) is 0 Å². The molecule has 2 rings (SSSR count). The van der Waals surface area contributed by atoms with Gasteiger partial charge in [-0.3, -0.25) is 0 Å². The summed E-state index contributed by atoms with van der Waals surface area (Å²) in [4.78, 5) is 26.7. The van der Waals surface area contributed by atoms with Gasteiger partial charge in [0.2, 0.25) is 0 Å². The standard InChI is InChI=1S/C23H34BF3N4O6/c1-13(23(25,26)27)31-16(30(17(32)34-19(2,3)4)18(33)35-20(5,6)7)14(12-28)15(29-31)24-36-21(8,9)22(10,11)37-24/h13H,1-11H3/t13-/m0/s1. The molecule has 0 N–H and O–H groups in total. The fourth-order valence-electron chi connectivity index (χ4n) is 3.16. The highest BCUT2D eigenvalue weighted by Crippen LogP contribution is 2.39. The Kier molecular flexibility index (Phi) is 7.82. The van der Waals surface area contributed by atoms with E-state index in [0.29, 0.717) is 4.68 Å². The minimum Gasteiger partial charge on any atom is -0.443 e. The van der Waals surface area contributed by atoms with Gasteiger partial charge < -0.3 is 18.8 Å².